The maximum Gasteiger partial charge on any atom is 0.246 e. The van der Waals surface area contributed by atoms with Crippen LogP contribution < -0.4 is 15.4 Å². The molecule has 0 heterocycles. The molecule has 0 saturated carbocycles. The SMILES string of the molecule is COc1cccc(COCC(=O)NCC(=O)Nc2ccc(F)c(F)c2)c1. The molecule has 138 valence electrons. The number of ether oxygens (including phenoxy) is 2. The third-order valence-corrected chi connectivity index (χ3v) is 3.29. The molecule has 0 atom stereocenters. The number of amides is 2. The summed E-state index contributed by atoms with van der Waals surface area (Å²) >= 11 is 0. The second kappa shape index (κ2) is 9.47. The summed E-state index contributed by atoms with van der Waals surface area (Å²) in [6.45, 7) is -0.332. The highest BCUT2D eigenvalue weighted by molar-refractivity contribution is 5.94. The summed E-state index contributed by atoms with van der Waals surface area (Å²) in [6, 6.07) is 10.2. The van der Waals surface area contributed by atoms with Crippen molar-refractivity contribution in [3.8, 4) is 5.75 Å². The van der Waals surface area contributed by atoms with Gasteiger partial charge in [0.2, 0.25) is 11.8 Å². The van der Waals surface area contributed by atoms with Crippen LogP contribution in [0.2, 0.25) is 0 Å². The molecule has 0 radical (unpaired) electrons. The number of carbonyl (C=O) groups is 2. The molecular formula is C18H18F2N2O4. The zero-order valence-electron chi connectivity index (χ0n) is 14.1. The van der Waals surface area contributed by atoms with Crippen LogP contribution in [0.5, 0.6) is 5.75 Å². The molecular weight excluding hydrogens is 346 g/mol. The van der Waals surface area contributed by atoms with Gasteiger partial charge < -0.3 is 20.1 Å². The molecule has 0 aromatic heterocycles. The molecule has 0 aliphatic heterocycles. The van der Waals surface area contributed by atoms with E-state index in [2.05, 4.69) is 10.6 Å². The fourth-order valence-corrected chi connectivity index (χ4v) is 2.03. The van der Waals surface area contributed by atoms with Gasteiger partial charge in [0.1, 0.15) is 12.4 Å². The lowest BCUT2D eigenvalue weighted by Gasteiger charge is -2.08. The van der Waals surface area contributed by atoms with Crippen molar-refractivity contribution >= 4 is 17.5 Å². The number of carbonyl (C=O) groups excluding carboxylic acids is 2. The smallest absolute Gasteiger partial charge is 0.246 e. The number of benzene rings is 2. The van der Waals surface area contributed by atoms with Gasteiger partial charge in [0.15, 0.2) is 11.6 Å². The van der Waals surface area contributed by atoms with E-state index in [0.29, 0.717) is 5.75 Å². The second-order valence-electron chi connectivity index (χ2n) is 5.30. The van der Waals surface area contributed by atoms with Crippen molar-refractivity contribution in [2.24, 2.45) is 0 Å². The predicted molar refractivity (Wildman–Crippen MR) is 90.6 cm³/mol. The molecule has 26 heavy (non-hydrogen) atoms. The van der Waals surface area contributed by atoms with Crippen molar-refractivity contribution in [2.75, 3.05) is 25.6 Å². The zero-order chi connectivity index (χ0) is 18.9. The number of nitrogens with one attached hydrogen (secondary N) is 2. The van der Waals surface area contributed by atoms with E-state index in [1.165, 1.54) is 6.07 Å². The van der Waals surface area contributed by atoms with Gasteiger partial charge in [-0.3, -0.25) is 9.59 Å². The highest BCUT2D eigenvalue weighted by atomic mass is 19.2. The minimum atomic E-state index is -1.07. The molecule has 2 rings (SSSR count). The average molecular weight is 364 g/mol. The Morgan fingerprint density at radius 2 is 1.85 bits per heavy atom. The summed E-state index contributed by atoms with van der Waals surface area (Å²) in [7, 11) is 1.55. The van der Waals surface area contributed by atoms with Gasteiger partial charge in [-0.25, -0.2) is 8.78 Å². The van der Waals surface area contributed by atoms with Gasteiger partial charge in [-0.05, 0) is 29.8 Å². The number of hydrogen-bond donors (Lipinski definition) is 2. The highest BCUT2D eigenvalue weighted by Crippen LogP contribution is 2.13. The van der Waals surface area contributed by atoms with Crippen molar-refractivity contribution in [2.45, 2.75) is 6.61 Å². The molecule has 0 unspecified atom stereocenters. The molecule has 0 aliphatic carbocycles. The number of anilines is 1. The first-order chi connectivity index (χ1) is 12.5. The van der Waals surface area contributed by atoms with Gasteiger partial charge in [0.25, 0.3) is 0 Å². The minimum Gasteiger partial charge on any atom is -0.497 e. The van der Waals surface area contributed by atoms with E-state index in [1.807, 2.05) is 6.07 Å². The van der Waals surface area contributed by atoms with Gasteiger partial charge in [-0.1, -0.05) is 12.1 Å². The Morgan fingerprint density at radius 1 is 1.04 bits per heavy atom. The molecule has 2 amide bonds. The monoisotopic (exact) mass is 364 g/mol. The normalized spacial score (nSPS) is 10.3. The van der Waals surface area contributed by atoms with E-state index in [-0.39, 0.29) is 25.4 Å². The van der Waals surface area contributed by atoms with Gasteiger partial charge in [-0.2, -0.15) is 0 Å². The molecule has 0 fully saturated rings. The van der Waals surface area contributed by atoms with Crippen LogP contribution in [0.25, 0.3) is 0 Å². The van der Waals surface area contributed by atoms with Crippen LogP contribution in [0, 0.1) is 11.6 Å². The van der Waals surface area contributed by atoms with Crippen LogP contribution in [0.3, 0.4) is 0 Å². The van der Waals surface area contributed by atoms with E-state index >= 15 is 0 Å². The Morgan fingerprint density at radius 3 is 2.58 bits per heavy atom. The van der Waals surface area contributed by atoms with Gasteiger partial charge in [0, 0.05) is 11.8 Å². The van der Waals surface area contributed by atoms with Crippen LogP contribution >= 0.6 is 0 Å². The van der Waals surface area contributed by atoms with Crippen LogP contribution in [0.15, 0.2) is 42.5 Å². The molecule has 0 saturated heterocycles. The topological polar surface area (TPSA) is 76.7 Å². The van der Waals surface area contributed by atoms with E-state index < -0.39 is 23.4 Å². The van der Waals surface area contributed by atoms with Crippen molar-refractivity contribution in [1.82, 2.24) is 5.32 Å². The molecule has 6 nitrogen and oxygen atoms in total. The second-order valence-corrected chi connectivity index (χ2v) is 5.30. The number of hydrogen-bond acceptors (Lipinski definition) is 4. The summed E-state index contributed by atoms with van der Waals surface area (Å²) < 4.78 is 36.2. The first kappa shape index (κ1) is 19.3. The zero-order valence-corrected chi connectivity index (χ0v) is 14.1. The number of rotatable bonds is 8. The minimum absolute atomic E-state index is 0.0948. The largest absolute Gasteiger partial charge is 0.497 e. The van der Waals surface area contributed by atoms with E-state index in [0.717, 1.165) is 17.7 Å². The quantitative estimate of drug-likeness (QED) is 0.753. The van der Waals surface area contributed by atoms with Crippen LogP contribution in [0.4, 0.5) is 14.5 Å². The maximum atomic E-state index is 13.1. The molecule has 8 heteroatoms. The van der Waals surface area contributed by atoms with Gasteiger partial charge >= 0.3 is 0 Å². The van der Waals surface area contributed by atoms with Crippen LogP contribution in [0.1, 0.15) is 5.56 Å². The summed E-state index contributed by atoms with van der Waals surface area (Å²) in [5.74, 6) is -2.45. The molecule has 0 spiro atoms. The predicted octanol–water partition coefficient (Wildman–Crippen LogP) is 2.24. The van der Waals surface area contributed by atoms with E-state index in [9.17, 15) is 18.4 Å². The van der Waals surface area contributed by atoms with Crippen molar-refractivity contribution in [1.29, 1.82) is 0 Å². The van der Waals surface area contributed by atoms with Crippen molar-refractivity contribution in [3.63, 3.8) is 0 Å². The highest BCUT2D eigenvalue weighted by Gasteiger charge is 2.08. The third-order valence-electron chi connectivity index (χ3n) is 3.29. The Balaban J connectivity index is 1.69. The lowest BCUT2D eigenvalue weighted by atomic mass is 10.2. The summed E-state index contributed by atoms with van der Waals surface area (Å²) in [5, 5.41) is 4.71. The van der Waals surface area contributed by atoms with Crippen LogP contribution in [-0.2, 0) is 20.9 Å². The lowest BCUT2D eigenvalue weighted by molar-refractivity contribution is -0.128. The fourth-order valence-electron chi connectivity index (χ4n) is 2.03. The number of methoxy groups -OCH3 is 1. The third kappa shape index (κ3) is 6.14. The first-order valence-corrected chi connectivity index (χ1v) is 7.70. The van der Waals surface area contributed by atoms with Gasteiger partial charge in [-0.15, -0.1) is 0 Å². The Labute approximate surface area is 149 Å². The first-order valence-electron chi connectivity index (χ1n) is 7.70. The number of halogens is 2. The van der Waals surface area contributed by atoms with Gasteiger partial charge in [0.05, 0.1) is 20.3 Å². The Hall–Kier alpha value is -3.00. The maximum absolute atomic E-state index is 13.1. The molecule has 2 N–H and O–H groups in total. The summed E-state index contributed by atoms with van der Waals surface area (Å²) in [6.07, 6.45) is 0. The lowest BCUT2D eigenvalue weighted by Crippen LogP contribution is -2.35. The van der Waals surface area contributed by atoms with E-state index in [1.54, 1.807) is 25.3 Å². The molecule has 0 aliphatic rings. The Kier molecular flexibility index (Phi) is 7.04. The molecule has 2 aromatic rings. The Bertz CT molecular complexity index is 784. The average Bonchev–Trinajstić information content (AvgIpc) is 2.63. The molecule has 0 bridgehead atoms. The van der Waals surface area contributed by atoms with E-state index in [4.69, 9.17) is 9.47 Å². The van der Waals surface area contributed by atoms with Crippen molar-refractivity contribution < 1.29 is 27.8 Å². The van der Waals surface area contributed by atoms with Crippen LogP contribution in [-0.4, -0.2) is 32.1 Å². The van der Waals surface area contributed by atoms with Crippen molar-refractivity contribution in [3.05, 3.63) is 59.7 Å². The fraction of sp³-hybridized carbons (Fsp3) is 0.222. The molecule has 2 aromatic carbocycles. The standard InChI is InChI=1S/C18H18F2N2O4/c1-25-14-4-2-3-12(7-14)10-26-11-18(24)21-9-17(23)22-13-5-6-15(19)16(20)8-13/h2-8H,9-11H2,1H3,(H,21,24)(H,22,23). The summed E-state index contributed by atoms with van der Waals surface area (Å²) in [4.78, 5) is 23.3. The summed E-state index contributed by atoms with van der Waals surface area (Å²) in [5.41, 5.74) is 0.936.